The largest absolute Gasteiger partial charge is 0.319 e. The van der Waals surface area contributed by atoms with E-state index >= 15 is 0 Å². The van der Waals surface area contributed by atoms with E-state index in [1.807, 2.05) is 11.3 Å². The van der Waals surface area contributed by atoms with Crippen LogP contribution in [0.25, 0.3) is 0 Å². The van der Waals surface area contributed by atoms with Crippen molar-refractivity contribution >= 4 is 11.3 Å². The fourth-order valence-electron chi connectivity index (χ4n) is 3.96. The van der Waals surface area contributed by atoms with Gasteiger partial charge in [-0.05, 0) is 57.9 Å². The van der Waals surface area contributed by atoms with Crippen LogP contribution in [0, 0.1) is 5.92 Å². The van der Waals surface area contributed by atoms with Crippen molar-refractivity contribution in [2.24, 2.45) is 5.92 Å². The SMILES string of the molecule is CCC1CCC(c2nc3c(s2)CCCC3CNC)CC1. The number of aromatic nitrogens is 1. The summed E-state index contributed by atoms with van der Waals surface area (Å²) in [5.74, 6) is 2.42. The lowest BCUT2D eigenvalue weighted by Gasteiger charge is -2.26. The molecule has 3 heteroatoms. The summed E-state index contributed by atoms with van der Waals surface area (Å²) in [6.45, 7) is 3.44. The van der Waals surface area contributed by atoms with Gasteiger partial charge in [0.25, 0.3) is 0 Å². The van der Waals surface area contributed by atoms with Gasteiger partial charge in [0.15, 0.2) is 0 Å². The third-order valence-electron chi connectivity index (χ3n) is 5.31. The van der Waals surface area contributed by atoms with E-state index in [9.17, 15) is 0 Å². The molecule has 0 radical (unpaired) electrons. The third kappa shape index (κ3) is 2.94. The Morgan fingerprint density at radius 3 is 2.70 bits per heavy atom. The van der Waals surface area contributed by atoms with Crippen LogP contribution in [-0.4, -0.2) is 18.6 Å². The lowest BCUT2D eigenvalue weighted by molar-refractivity contribution is 0.318. The zero-order valence-corrected chi connectivity index (χ0v) is 13.8. The first kappa shape index (κ1) is 14.5. The molecule has 112 valence electrons. The van der Waals surface area contributed by atoms with Gasteiger partial charge in [0.2, 0.25) is 0 Å². The van der Waals surface area contributed by atoms with E-state index in [2.05, 4.69) is 19.3 Å². The molecular formula is C17H28N2S. The van der Waals surface area contributed by atoms with E-state index in [0.29, 0.717) is 5.92 Å². The van der Waals surface area contributed by atoms with Gasteiger partial charge in [-0.1, -0.05) is 13.3 Å². The predicted molar refractivity (Wildman–Crippen MR) is 86.7 cm³/mol. The Hall–Kier alpha value is -0.410. The van der Waals surface area contributed by atoms with Crippen molar-refractivity contribution in [2.45, 2.75) is 70.1 Å². The minimum Gasteiger partial charge on any atom is -0.319 e. The van der Waals surface area contributed by atoms with Crippen LogP contribution in [0.2, 0.25) is 0 Å². The maximum atomic E-state index is 5.10. The topological polar surface area (TPSA) is 24.9 Å². The first-order valence-electron chi connectivity index (χ1n) is 8.45. The van der Waals surface area contributed by atoms with Gasteiger partial charge in [-0.3, -0.25) is 0 Å². The molecule has 0 spiro atoms. The zero-order valence-electron chi connectivity index (χ0n) is 13.0. The fourth-order valence-corrected chi connectivity index (χ4v) is 5.33. The third-order valence-corrected chi connectivity index (χ3v) is 6.60. The van der Waals surface area contributed by atoms with Crippen molar-refractivity contribution < 1.29 is 0 Å². The lowest BCUT2D eigenvalue weighted by atomic mass is 9.81. The molecule has 0 aromatic carbocycles. The molecule has 1 aromatic rings. The van der Waals surface area contributed by atoms with Gasteiger partial charge in [0.05, 0.1) is 10.7 Å². The number of hydrogen-bond acceptors (Lipinski definition) is 3. The second-order valence-electron chi connectivity index (χ2n) is 6.63. The molecule has 1 fully saturated rings. The van der Waals surface area contributed by atoms with E-state index < -0.39 is 0 Å². The average molecular weight is 292 g/mol. The van der Waals surface area contributed by atoms with Crippen LogP contribution in [0.4, 0.5) is 0 Å². The van der Waals surface area contributed by atoms with Crippen molar-refractivity contribution in [3.63, 3.8) is 0 Å². The van der Waals surface area contributed by atoms with Crippen LogP contribution >= 0.6 is 11.3 Å². The minimum atomic E-state index is 0.667. The van der Waals surface area contributed by atoms with E-state index in [1.54, 1.807) is 4.88 Å². The van der Waals surface area contributed by atoms with Gasteiger partial charge >= 0.3 is 0 Å². The summed E-state index contributed by atoms with van der Waals surface area (Å²) in [6.07, 6.45) is 10.9. The highest BCUT2D eigenvalue weighted by Crippen LogP contribution is 2.42. The zero-order chi connectivity index (χ0) is 13.9. The number of likely N-dealkylation sites (N-methyl/N-ethyl adjacent to an activating group) is 1. The predicted octanol–water partition coefficient (Wildman–Crippen LogP) is 4.47. The van der Waals surface area contributed by atoms with Crippen molar-refractivity contribution in [1.29, 1.82) is 0 Å². The van der Waals surface area contributed by atoms with Gasteiger partial charge in [0, 0.05) is 23.3 Å². The van der Waals surface area contributed by atoms with Crippen molar-refractivity contribution in [2.75, 3.05) is 13.6 Å². The first-order chi connectivity index (χ1) is 9.81. The van der Waals surface area contributed by atoms with Crippen LogP contribution in [0.1, 0.15) is 79.3 Å². The molecule has 0 saturated heterocycles. The Morgan fingerprint density at radius 1 is 1.20 bits per heavy atom. The molecule has 3 rings (SSSR count). The summed E-state index contributed by atoms with van der Waals surface area (Å²) in [5.41, 5.74) is 1.45. The maximum Gasteiger partial charge on any atom is 0.0962 e. The molecule has 1 N–H and O–H groups in total. The molecule has 1 heterocycles. The summed E-state index contributed by atoms with van der Waals surface area (Å²) in [5, 5.41) is 4.81. The smallest absolute Gasteiger partial charge is 0.0962 e. The summed E-state index contributed by atoms with van der Waals surface area (Å²) in [4.78, 5) is 6.70. The number of fused-ring (bicyclic) bond motifs is 1. The number of nitrogens with one attached hydrogen (secondary N) is 1. The molecule has 2 nitrogen and oxygen atoms in total. The molecule has 2 aliphatic rings. The number of rotatable bonds is 4. The summed E-state index contributed by atoms with van der Waals surface area (Å²) in [6, 6.07) is 0. The first-order valence-corrected chi connectivity index (χ1v) is 9.27. The standard InChI is InChI=1S/C17H28N2S/c1-3-12-7-9-13(10-8-12)17-19-16-14(11-18-2)5-4-6-15(16)20-17/h12-14,18H,3-11H2,1-2H3. The molecule has 0 aliphatic heterocycles. The normalized spacial score (nSPS) is 30.2. The Kier molecular flexibility index (Phi) is 4.77. The van der Waals surface area contributed by atoms with Crippen molar-refractivity contribution in [3.05, 3.63) is 15.6 Å². The van der Waals surface area contributed by atoms with Gasteiger partial charge in [-0.2, -0.15) is 0 Å². The van der Waals surface area contributed by atoms with E-state index in [1.165, 1.54) is 62.1 Å². The van der Waals surface area contributed by atoms with Crippen LogP contribution in [0.5, 0.6) is 0 Å². The molecule has 2 aliphatic carbocycles. The maximum absolute atomic E-state index is 5.10. The van der Waals surface area contributed by atoms with Gasteiger partial charge < -0.3 is 5.32 Å². The number of nitrogens with zero attached hydrogens (tertiary/aromatic N) is 1. The van der Waals surface area contributed by atoms with Crippen LogP contribution in [0.3, 0.4) is 0 Å². The van der Waals surface area contributed by atoms with Gasteiger partial charge in [0.1, 0.15) is 0 Å². The van der Waals surface area contributed by atoms with E-state index in [-0.39, 0.29) is 0 Å². The molecule has 1 unspecified atom stereocenters. The lowest BCUT2D eigenvalue weighted by Crippen LogP contribution is -2.21. The van der Waals surface area contributed by atoms with Crippen LogP contribution < -0.4 is 5.32 Å². The Balaban J connectivity index is 1.72. The Morgan fingerprint density at radius 2 is 2.00 bits per heavy atom. The second-order valence-corrected chi connectivity index (χ2v) is 7.75. The summed E-state index contributed by atoms with van der Waals surface area (Å²) in [7, 11) is 2.06. The molecule has 20 heavy (non-hydrogen) atoms. The highest BCUT2D eigenvalue weighted by molar-refractivity contribution is 7.11. The summed E-state index contributed by atoms with van der Waals surface area (Å²) < 4.78 is 0. The second kappa shape index (κ2) is 6.57. The fraction of sp³-hybridized carbons (Fsp3) is 0.824. The van der Waals surface area contributed by atoms with Gasteiger partial charge in [-0.15, -0.1) is 11.3 Å². The quantitative estimate of drug-likeness (QED) is 0.886. The minimum absolute atomic E-state index is 0.667. The highest BCUT2D eigenvalue weighted by Gasteiger charge is 2.28. The molecule has 1 atom stereocenters. The van der Waals surface area contributed by atoms with E-state index in [0.717, 1.165) is 18.4 Å². The number of aryl methyl sites for hydroxylation is 1. The molecule has 0 amide bonds. The van der Waals surface area contributed by atoms with E-state index in [4.69, 9.17) is 4.98 Å². The molecular weight excluding hydrogens is 264 g/mol. The number of hydrogen-bond donors (Lipinski definition) is 1. The summed E-state index contributed by atoms with van der Waals surface area (Å²) >= 11 is 2.04. The monoisotopic (exact) mass is 292 g/mol. The van der Waals surface area contributed by atoms with Crippen LogP contribution in [0.15, 0.2) is 0 Å². The Bertz CT molecular complexity index is 432. The van der Waals surface area contributed by atoms with Crippen molar-refractivity contribution in [1.82, 2.24) is 10.3 Å². The average Bonchev–Trinajstić information content (AvgIpc) is 2.93. The number of thiazole rings is 1. The molecule has 1 saturated carbocycles. The van der Waals surface area contributed by atoms with Gasteiger partial charge in [-0.25, -0.2) is 4.98 Å². The Labute approximate surface area is 127 Å². The van der Waals surface area contributed by atoms with Crippen LogP contribution in [-0.2, 0) is 6.42 Å². The molecule has 1 aromatic heterocycles. The van der Waals surface area contributed by atoms with Crippen molar-refractivity contribution in [3.8, 4) is 0 Å². The highest BCUT2D eigenvalue weighted by atomic mass is 32.1. The molecule has 0 bridgehead atoms.